The summed E-state index contributed by atoms with van der Waals surface area (Å²) >= 11 is 5.70. The van der Waals surface area contributed by atoms with Crippen LogP contribution in [0.2, 0.25) is 5.02 Å². The second kappa shape index (κ2) is 9.10. The van der Waals surface area contributed by atoms with Gasteiger partial charge in [-0.1, -0.05) is 11.6 Å². The predicted molar refractivity (Wildman–Crippen MR) is 69.1 cm³/mol. The Kier molecular flexibility index (Phi) is 8.58. The molecule has 1 aromatic rings. The van der Waals surface area contributed by atoms with Gasteiger partial charge >= 0.3 is 5.97 Å². The molecule has 6 heteroatoms. The summed E-state index contributed by atoms with van der Waals surface area (Å²) in [6.45, 7) is 0.886. The number of benzene rings is 1. The number of carbonyl (C=O) groups is 1. The third-order valence-electron chi connectivity index (χ3n) is 1.79. The molecule has 0 bridgehead atoms. The molecule has 0 saturated heterocycles. The number of rotatable bonds is 6. The van der Waals surface area contributed by atoms with E-state index in [-0.39, 0.29) is 25.0 Å². The summed E-state index contributed by atoms with van der Waals surface area (Å²) < 4.78 is 10.1. The molecule has 0 aromatic heterocycles. The molecule has 0 spiro atoms. The molecule has 1 aromatic carbocycles. The first-order chi connectivity index (χ1) is 7.72. The van der Waals surface area contributed by atoms with Gasteiger partial charge in [0.1, 0.15) is 12.4 Å². The van der Waals surface area contributed by atoms with Crippen LogP contribution in [0.5, 0.6) is 5.75 Å². The van der Waals surface area contributed by atoms with Gasteiger partial charge in [0.05, 0.1) is 0 Å². The van der Waals surface area contributed by atoms with Crippen LogP contribution in [0.25, 0.3) is 0 Å². The zero-order valence-corrected chi connectivity index (χ0v) is 11.0. The van der Waals surface area contributed by atoms with E-state index in [1.165, 1.54) is 0 Å². The van der Waals surface area contributed by atoms with Crippen LogP contribution in [0.15, 0.2) is 24.3 Å². The molecule has 1 N–H and O–H groups in total. The fourth-order valence-corrected chi connectivity index (χ4v) is 1.11. The molecule has 0 radical (unpaired) electrons. The lowest BCUT2D eigenvalue weighted by molar-refractivity contribution is -0.145. The van der Waals surface area contributed by atoms with Crippen molar-refractivity contribution < 1.29 is 14.3 Å². The average Bonchev–Trinajstić information content (AvgIpc) is 2.29. The van der Waals surface area contributed by atoms with Gasteiger partial charge in [0.2, 0.25) is 0 Å². The number of halogens is 2. The second-order valence-electron chi connectivity index (χ2n) is 3.07. The topological polar surface area (TPSA) is 47.6 Å². The first kappa shape index (κ1) is 16.0. The molecule has 0 aliphatic heterocycles. The van der Waals surface area contributed by atoms with Gasteiger partial charge in [0.15, 0.2) is 6.61 Å². The number of carbonyl (C=O) groups excluding carboxylic acids is 1. The Bertz CT molecular complexity index is 330. The van der Waals surface area contributed by atoms with Gasteiger partial charge in [0, 0.05) is 11.6 Å². The number of esters is 1. The third kappa shape index (κ3) is 7.05. The van der Waals surface area contributed by atoms with Crippen molar-refractivity contribution >= 4 is 30.0 Å². The summed E-state index contributed by atoms with van der Waals surface area (Å²) in [6, 6.07) is 6.79. The Balaban J connectivity index is 0.00000256. The Labute approximate surface area is 112 Å². The first-order valence-electron chi connectivity index (χ1n) is 4.91. The summed E-state index contributed by atoms with van der Waals surface area (Å²) in [5.74, 6) is 0.208. The Hall–Kier alpha value is -0.970. The molecule has 0 unspecified atom stereocenters. The van der Waals surface area contributed by atoms with Crippen molar-refractivity contribution in [3.8, 4) is 5.75 Å². The lowest BCUT2D eigenvalue weighted by atomic mass is 10.3. The van der Waals surface area contributed by atoms with Crippen LogP contribution >= 0.6 is 24.0 Å². The summed E-state index contributed by atoms with van der Waals surface area (Å²) in [4.78, 5) is 11.2. The predicted octanol–water partition coefficient (Wildman–Crippen LogP) is 1.90. The molecule has 0 saturated carbocycles. The van der Waals surface area contributed by atoms with Crippen molar-refractivity contribution in [1.29, 1.82) is 0 Å². The molecule has 0 fully saturated rings. The largest absolute Gasteiger partial charge is 0.482 e. The first-order valence-corrected chi connectivity index (χ1v) is 5.29. The fraction of sp³-hybridized carbons (Fsp3) is 0.364. The van der Waals surface area contributed by atoms with E-state index in [2.05, 4.69) is 5.32 Å². The number of nitrogens with one attached hydrogen (secondary N) is 1. The number of likely N-dealkylation sites (N-methyl/N-ethyl adjacent to an activating group) is 1. The maximum Gasteiger partial charge on any atom is 0.344 e. The molecule has 0 heterocycles. The van der Waals surface area contributed by atoms with E-state index in [1.807, 2.05) is 0 Å². The highest BCUT2D eigenvalue weighted by Gasteiger charge is 2.03. The molecule has 4 nitrogen and oxygen atoms in total. The van der Waals surface area contributed by atoms with E-state index in [0.29, 0.717) is 23.9 Å². The minimum Gasteiger partial charge on any atom is -0.482 e. The van der Waals surface area contributed by atoms with Gasteiger partial charge < -0.3 is 14.8 Å². The summed E-state index contributed by atoms with van der Waals surface area (Å²) in [6.07, 6.45) is 0. The van der Waals surface area contributed by atoms with Crippen LogP contribution in [-0.2, 0) is 9.53 Å². The molecule has 0 atom stereocenters. The quantitative estimate of drug-likeness (QED) is 0.638. The number of ether oxygens (including phenoxy) is 2. The van der Waals surface area contributed by atoms with Crippen molar-refractivity contribution in [3.63, 3.8) is 0 Å². The van der Waals surface area contributed by atoms with Gasteiger partial charge in [-0.15, -0.1) is 12.4 Å². The zero-order valence-electron chi connectivity index (χ0n) is 9.44. The smallest absolute Gasteiger partial charge is 0.344 e. The molecule has 0 aliphatic carbocycles. The summed E-state index contributed by atoms with van der Waals surface area (Å²) in [5.41, 5.74) is 0. The summed E-state index contributed by atoms with van der Waals surface area (Å²) in [5, 5.41) is 3.50. The van der Waals surface area contributed by atoms with Gasteiger partial charge in [0.25, 0.3) is 0 Å². The van der Waals surface area contributed by atoms with E-state index >= 15 is 0 Å². The van der Waals surface area contributed by atoms with Crippen LogP contribution < -0.4 is 10.1 Å². The fourth-order valence-electron chi connectivity index (χ4n) is 0.982. The highest BCUT2D eigenvalue weighted by atomic mass is 35.5. The molecule has 96 valence electrons. The average molecular weight is 280 g/mol. The van der Waals surface area contributed by atoms with Crippen molar-refractivity contribution in [3.05, 3.63) is 29.3 Å². The minimum atomic E-state index is -0.384. The highest BCUT2D eigenvalue weighted by Crippen LogP contribution is 2.15. The van der Waals surface area contributed by atoms with E-state index in [0.717, 1.165) is 0 Å². The van der Waals surface area contributed by atoms with E-state index in [1.54, 1.807) is 31.3 Å². The Morgan fingerprint density at radius 3 is 2.59 bits per heavy atom. The van der Waals surface area contributed by atoms with E-state index < -0.39 is 0 Å². The van der Waals surface area contributed by atoms with Crippen LogP contribution in [0, 0.1) is 0 Å². The van der Waals surface area contributed by atoms with E-state index in [9.17, 15) is 4.79 Å². The minimum absolute atomic E-state index is 0. The molecule has 0 amide bonds. The number of hydrogen-bond donors (Lipinski definition) is 1. The maximum absolute atomic E-state index is 11.2. The normalized spacial score (nSPS) is 9.29. The van der Waals surface area contributed by atoms with E-state index in [4.69, 9.17) is 21.1 Å². The van der Waals surface area contributed by atoms with Crippen molar-refractivity contribution in [2.24, 2.45) is 0 Å². The Morgan fingerprint density at radius 1 is 1.35 bits per heavy atom. The van der Waals surface area contributed by atoms with Crippen molar-refractivity contribution in [2.45, 2.75) is 0 Å². The van der Waals surface area contributed by atoms with Crippen LogP contribution in [0.1, 0.15) is 0 Å². The third-order valence-corrected chi connectivity index (χ3v) is 2.04. The Morgan fingerprint density at radius 2 is 2.00 bits per heavy atom. The van der Waals surface area contributed by atoms with Crippen molar-refractivity contribution in [1.82, 2.24) is 5.32 Å². The van der Waals surface area contributed by atoms with Crippen LogP contribution in [-0.4, -0.2) is 32.8 Å². The van der Waals surface area contributed by atoms with Crippen LogP contribution in [0.3, 0.4) is 0 Å². The molecule has 0 aliphatic rings. The van der Waals surface area contributed by atoms with Crippen LogP contribution in [0.4, 0.5) is 0 Å². The van der Waals surface area contributed by atoms with Gasteiger partial charge in [-0.2, -0.15) is 0 Å². The monoisotopic (exact) mass is 279 g/mol. The van der Waals surface area contributed by atoms with Crippen molar-refractivity contribution in [2.75, 3.05) is 26.8 Å². The summed E-state index contributed by atoms with van der Waals surface area (Å²) in [7, 11) is 1.79. The van der Waals surface area contributed by atoms with Gasteiger partial charge in [-0.25, -0.2) is 4.79 Å². The molecular formula is C11H15Cl2NO3. The second-order valence-corrected chi connectivity index (χ2v) is 3.50. The maximum atomic E-state index is 11.2. The SMILES string of the molecule is CNCCOC(=O)COc1ccc(Cl)cc1.Cl. The number of hydrogen-bond acceptors (Lipinski definition) is 4. The molecule has 1 rings (SSSR count). The molecule has 17 heavy (non-hydrogen) atoms. The molecular weight excluding hydrogens is 265 g/mol. The lowest BCUT2D eigenvalue weighted by Crippen LogP contribution is -2.21. The highest BCUT2D eigenvalue weighted by molar-refractivity contribution is 6.30. The van der Waals surface area contributed by atoms with Gasteiger partial charge in [-0.3, -0.25) is 0 Å². The lowest BCUT2D eigenvalue weighted by Gasteiger charge is -2.06. The van der Waals surface area contributed by atoms with Gasteiger partial charge in [-0.05, 0) is 31.3 Å². The zero-order chi connectivity index (χ0) is 11.8. The standard InChI is InChI=1S/C11H14ClNO3.ClH/c1-13-6-7-15-11(14)8-16-10-4-2-9(12)3-5-10;/h2-5,13H,6-8H2,1H3;1H.